The van der Waals surface area contributed by atoms with Crippen LogP contribution in [0.2, 0.25) is 0 Å². The monoisotopic (exact) mass is 353 g/mol. The lowest BCUT2D eigenvalue weighted by Gasteiger charge is -2.36. The molecule has 0 unspecified atom stereocenters. The van der Waals surface area contributed by atoms with Crippen molar-refractivity contribution in [2.24, 2.45) is 11.8 Å². The summed E-state index contributed by atoms with van der Waals surface area (Å²) in [6.07, 6.45) is 3.61. The third kappa shape index (κ3) is 7.24. The number of ether oxygens (including phenoxy) is 1. The standard InChI is InChI=1S/C20H39N3O2/c1-17(2)15-19-5-7-23(8-6-19)20(24)16-25-14-13-21-9-11-22(12-10-21)18(3)4/h17-19H,5-16H2,1-4H3. The van der Waals surface area contributed by atoms with Crippen LogP contribution in [0.5, 0.6) is 0 Å². The predicted molar refractivity (Wildman–Crippen MR) is 103 cm³/mol. The number of nitrogens with zero attached hydrogens (tertiary/aromatic N) is 3. The van der Waals surface area contributed by atoms with E-state index in [0.29, 0.717) is 12.6 Å². The summed E-state index contributed by atoms with van der Waals surface area (Å²) in [5.41, 5.74) is 0. The zero-order valence-corrected chi connectivity index (χ0v) is 16.9. The summed E-state index contributed by atoms with van der Waals surface area (Å²) < 4.78 is 5.67. The van der Waals surface area contributed by atoms with E-state index < -0.39 is 0 Å². The van der Waals surface area contributed by atoms with Gasteiger partial charge in [-0.25, -0.2) is 0 Å². The highest BCUT2D eigenvalue weighted by molar-refractivity contribution is 5.77. The Morgan fingerprint density at radius 3 is 2.20 bits per heavy atom. The molecule has 0 aromatic heterocycles. The van der Waals surface area contributed by atoms with Gasteiger partial charge in [-0.3, -0.25) is 14.6 Å². The molecule has 0 bridgehead atoms. The van der Waals surface area contributed by atoms with Gasteiger partial charge in [0.2, 0.25) is 5.91 Å². The van der Waals surface area contributed by atoms with Crippen molar-refractivity contribution in [3.63, 3.8) is 0 Å². The van der Waals surface area contributed by atoms with Gasteiger partial charge in [-0.15, -0.1) is 0 Å². The van der Waals surface area contributed by atoms with Crippen LogP contribution in [0.4, 0.5) is 0 Å². The van der Waals surface area contributed by atoms with Crippen LogP contribution < -0.4 is 0 Å². The summed E-state index contributed by atoms with van der Waals surface area (Å²) in [6.45, 7) is 17.3. The summed E-state index contributed by atoms with van der Waals surface area (Å²) in [7, 11) is 0. The van der Waals surface area contributed by atoms with Gasteiger partial charge in [-0.05, 0) is 44.9 Å². The maximum atomic E-state index is 12.3. The molecular weight excluding hydrogens is 314 g/mol. The van der Waals surface area contributed by atoms with E-state index in [0.717, 1.165) is 70.5 Å². The molecule has 146 valence electrons. The lowest BCUT2D eigenvalue weighted by Crippen LogP contribution is -2.49. The van der Waals surface area contributed by atoms with Crippen LogP contribution in [0.15, 0.2) is 0 Å². The summed E-state index contributed by atoms with van der Waals surface area (Å²) in [5.74, 6) is 1.74. The molecule has 0 spiro atoms. The zero-order chi connectivity index (χ0) is 18.2. The Bertz CT molecular complexity index is 384. The summed E-state index contributed by atoms with van der Waals surface area (Å²) in [5, 5.41) is 0. The van der Waals surface area contributed by atoms with Crippen molar-refractivity contribution in [3.8, 4) is 0 Å². The van der Waals surface area contributed by atoms with Crippen LogP contribution in [-0.4, -0.2) is 85.7 Å². The van der Waals surface area contributed by atoms with Crippen molar-refractivity contribution in [2.75, 3.05) is 59.0 Å². The average molecular weight is 354 g/mol. The number of piperazine rings is 1. The van der Waals surface area contributed by atoms with Gasteiger partial charge >= 0.3 is 0 Å². The molecule has 2 saturated heterocycles. The second-order valence-corrected chi connectivity index (χ2v) is 8.48. The van der Waals surface area contributed by atoms with Crippen molar-refractivity contribution in [1.82, 2.24) is 14.7 Å². The Kier molecular flexibility index (Phi) is 8.67. The summed E-state index contributed by atoms with van der Waals surface area (Å²) in [4.78, 5) is 19.2. The molecule has 2 aliphatic rings. The maximum absolute atomic E-state index is 12.3. The van der Waals surface area contributed by atoms with Crippen LogP contribution in [0.3, 0.4) is 0 Å². The van der Waals surface area contributed by atoms with Crippen molar-refractivity contribution < 1.29 is 9.53 Å². The first-order valence-electron chi connectivity index (χ1n) is 10.3. The largest absolute Gasteiger partial charge is 0.370 e. The molecule has 0 saturated carbocycles. The van der Waals surface area contributed by atoms with Crippen LogP contribution in [0, 0.1) is 11.8 Å². The number of amides is 1. The van der Waals surface area contributed by atoms with Crippen molar-refractivity contribution in [3.05, 3.63) is 0 Å². The first-order chi connectivity index (χ1) is 12.0. The van der Waals surface area contributed by atoms with E-state index in [4.69, 9.17) is 4.74 Å². The Morgan fingerprint density at radius 2 is 1.64 bits per heavy atom. The van der Waals surface area contributed by atoms with Crippen molar-refractivity contribution in [2.45, 2.75) is 53.0 Å². The fourth-order valence-corrected chi connectivity index (χ4v) is 4.03. The molecule has 2 heterocycles. The zero-order valence-electron chi connectivity index (χ0n) is 16.9. The Hall–Kier alpha value is -0.650. The molecule has 25 heavy (non-hydrogen) atoms. The highest BCUT2D eigenvalue weighted by atomic mass is 16.5. The molecule has 0 aliphatic carbocycles. The fourth-order valence-electron chi connectivity index (χ4n) is 4.03. The van der Waals surface area contributed by atoms with E-state index in [1.165, 1.54) is 6.42 Å². The number of likely N-dealkylation sites (tertiary alicyclic amines) is 1. The number of rotatable bonds is 8. The van der Waals surface area contributed by atoms with Crippen molar-refractivity contribution in [1.29, 1.82) is 0 Å². The number of hydrogen-bond acceptors (Lipinski definition) is 4. The second kappa shape index (κ2) is 10.5. The van der Waals surface area contributed by atoms with Gasteiger partial charge in [0.05, 0.1) is 6.61 Å². The number of carbonyl (C=O) groups excluding carboxylic acids is 1. The molecule has 2 fully saturated rings. The minimum Gasteiger partial charge on any atom is -0.370 e. The molecule has 2 rings (SSSR count). The van der Waals surface area contributed by atoms with E-state index in [-0.39, 0.29) is 12.5 Å². The minimum atomic E-state index is 0.174. The first-order valence-corrected chi connectivity index (χ1v) is 10.3. The Morgan fingerprint density at radius 1 is 1.00 bits per heavy atom. The highest BCUT2D eigenvalue weighted by Gasteiger charge is 2.23. The first kappa shape index (κ1) is 20.7. The van der Waals surface area contributed by atoms with Gasteiger partial charge in [0.25, 0.3) is 0 Å². The Balaban J connectivity index is 1.53. The summed E-state index contributed by atoms with van der Waals surface area (Å²) in [6, 6.07) is 0.640. The molecule has 0 aromatic carbocycles. The van der Waals surface area contributed by atoms with Gasteiger partial charge in [0, 0.05) is 51.9 Å². The van der Waals surface area contributed by atoms with Crippen molar-refractivity contribution >= 4 is 5.91 Å². The predicted octanol–water partition coefficient (Wildman–Crippen LogP) is 2.31. The molecule has 0 aromatic rings. The quantitative estimate of drug-likeness (QED) is 0.628. The molecule has 0 N–H and O–H groups in total. The number of carbonyl (C=O) groups is 1. The molecule has 0 radical (unpaired) electrons. The molecule has 1 amide bonds. The topological polar surface area (TPSA) is 36.0 Å². The summed E-state index contributed by atoms with van der Waals surface area (Å²) >= 11 is 0. The SMILES string of the molecule is CC(C)CC1CCN(C(=O)COCCN2CCN(C(C)C)CC2)CC1. The third-order valence-electron chi connectivity index (χ3n) is 5.69. The third-order valence-corrected chi connectivity index (χ3v) is 5.69. The lowest BCUT2D eigenvalue weighted by atomic mass is 9.88. The Labute approximate surface area is 154 Å². The molecule has 5 nitrogen and oxygen atoms in total. The van der Waals surface area contributed by atoms with Crippen LogP contribution in [-0.2, 0) is 9.53 Å². The fraction of sp³-hybridized carbons (Fsp3) is 0.950. The molecular formula is C20H39N3O2. The molecule has 5 heteroatoms. The molecule has 2 aliphatic heterocycles. The van der Waals surface area contributed by atoms with Gasteiger partial charge in [0.15, 0.2) is 0 Å². The number of hydrogen-bond donors (Lipinski definition) is 0. The van der Waals surface area contributed by atoms with Crippen LogP contribution in [0.1, 0.15) is 47.0 Å². The van der Waals surface area contributed by atoms with Gasteiger partial charge < -0.3 is 9.64 Å². The van der Waals surface area contributed by atoms with E-state index >= 15 is 0 Å². The molecule has 0 atom stereocenters. The van der Waals surface area contributed by atoms with E-state index in [1.54, 1.807) is 0 Å². The van der Waals surface area contributed by atoms with Gasteiger partial charge in [-0.1, -0.05) is 13.8 Å². The van der Waals surface area contributed by atoms with E-state index in [1.807, 2.05) is 4.90 Å². The van der Waals surface area contributed by atoms with Gasteiger partial charge in [0.1, 0.15) is 6.61 Å². The minimum absolute atomic E-state index is 0.174. The van der Waals surface area contributed by atoms with Crippen LogP contribution >= 0.6 is 0 Å². The average Bonchev–Trinajstić information content (AvgIpc) is 2.59. The van der Waals surface area contributed by atoms with Crippen LogP contribution in [0.25, 0.3) is 0 Å². The highest BCUT2D eigenvalue weighted by Crippen LogP contribution is 2.23. The second-order valence-electron chi connectivity index (χ2n) is 8.48. The lowest BCUT2D eigenvalue weighted by molar-refractivity contribution is -0.137. The number of piperidine rings is 1. The smallest absolute Gasteiger partial charge is 0.248 e. The maximum Gasteiger partial charge on any atom is 0.248 e. The normalized spacial score (nSPS) is 21.4. The van der Waals surface area contributed by atoms with E-state index in [2.05, 4.69) is 37.5 Å². The van der Waals surface area contributed by atoms with E-state index in [9.17, 15) is 4.79 Å². The van der Waals surface area contributed by atoms with Gasteiger partial charge in [-0.2, -0.15) is 0 Å².